The maximum atomic E-state index is 11.2. The van der Waals surface area contributed by atoms with Gasteiger partial charge in [0, 0.05) is 6.08 Å². The van der Waals surface area contributed by atoms with Crippen molar-refractivity contribution in [3.05, 3.63) is 61.6 Å². The van der Waals surface area contributed by atoms with E-state index in [1.807, 2.05) is 0 Å². The van der Waals surface area contributed by atoms with Gasteiger partial charge < -0.3 is 16.6 Å². The molecule has 2 aromatic carbocycles. The maximum Gasteiger partial charge on any atom is 0.328 e. The molecule has 0 aromatic heterocycles. The Hall–Kier alpha value is -1.59. The molecule has 0 spiro atoms. The van der Waals surface area contributed by atoms with Crippen molar-refractivity contribution in [3.8, 4) is 0 Å². The monoisotopic (exact) mass is 390 g/mol. The van der Waals surface area contributed by atoms with Crippen LogP contribution in [0.4, 0.5) is 11.4 Å². The molecule has 0 aliphatic carbocycles. The topological polar surface area (TPSA) is 89.3 Å². The third-order valence-corrected chi connectivity index (χ3v) is 4.30. The molecule has 0 bridgehead atoms. The lowest BCUT2D eigenvalue weighted by molar-refractivity contribution is -0.131. The molecule has 5 N–H and O–H groups in total. The standard InChI is InChI=1S/C15H10Cl4N2O2/c16-9-1-6(2-10(17)14(9)20)8(5-13(22)23)7-3-11(18)15(21)12(19)4-7/h1-5H,20-21H2,(H,22,23). The Morgan fingerprint density at radius 1 is 0.826 bits per heavy atom. The second kappa shape index (κ2) is 6.89. The number of carbonyl (C=O) groups is 1. The van der Waals surface area contributed by atoms with E-state index in [0.717, 1.165) is 6.08 Å². The second-order valence-electron chi connectivity index (χ2n) is 4.60. The van der Waals surface area contributed by atoms with Crippen molar-refractivity contribution in [2.24, 2.45) is 0 Å². The van der Waals surface area contributed by atoms with E-state index >= 15 is 0 Å². The molecular weight excluding hydrogens is 382 g/mol. The summed E-state index contributed by atoms with van der Waals surface area (Å²) in [6, 6.07) is 6.04. The number of aliphatic carboxylic acids is 1. The number of hydrogen-bond acceptors (Lipinski definition) is 3. The predicted octanol–water partition coefficient (Wildman–Crippen LogP) is 4.98. The number of halogens is 4. The van der Waals surface area contributed by atoms with Gasteiger partial charge in [-0.15, -0.1) is 0 Å². The van der Waals surface area contributed by atoms with Gasteiger partial charge >= 0.3 is 5.97 Å². The largest absolute Gasteiger partial charge is 0.478 e. The molecule has 2 rings (SSSR count). The third kappa shape index (κ3) is 3.85. The number of benzene rings is 2. The molecule has 0 atom stereocenters. The maximum absolute atomic E-state index is 11.2. The first-order valence-electron chi connectivity index (χ1n) is 6.15. The molecule has 0 unspecified atom stereocenters. The van der Waals surface area contributed by atoms with Gasteiger partial charge in [-0.2, -0.15) is 0 Å². The minimum Gasteiger partial charge on any atom is -0.478 e. The molecule has 120 valence electrons. The molecule has 4 nitrogen and oxygen atoms in total. The molecule has 0 amide bonds. The van der Waals surface area contributed by atoms with Gasteiger partial charge in [0.15, 0.2) is 0 Å². The van der Waals surface area contributed by atoms with Gasteiger partial charge in [0.05, 0.1) is 31.5 Å². The summed E-state index contributed by atoms with van der Waals surface area (Å²) in [4.78, 5) is 11.2. The summed E-state index contributed by atoms with van der Waals surface area (Å²) < 4.78 is 0. The highest BCUT2D eigenvalue weighted by atomic mass is 35.5. The Morgan fingerprint density at radius 3 is 1.39 bits per heavy atom. The summed E-state index contributed by atoms with van der Waals surface area (Å²) in [5.74, 6) is -1.16. The molecule has 0 radical (unpaired) electrons. The predicted molar refractivity (Wildman–Crippen MR) is 96.5 cm³/mol. The number of carboxylic acid groups (broad SMARTS) is 1. The lowest BCUT2D eigenvalue weighted by atomic mass is 9.97. The zero-order valence-corrected chi connectivity index (χ0v) is 14.4. The fourth-order valence-electron chi connectivity index (χ4n) is 1.94. The van der Waals surface area contributed by atoms with Crippen molar-refractivity contribution in [1.29, 1.82) is 0 Å². The van der Waals surface area contributed by atoms with Gasteiger partial charge in [0.2, 0.25) is 0 Å². The minimum absolute atomic E-state index is 0.205. The normalized spacial score (nSPS) is 10.4. The highest BCUT2D eigenvalue weighted by Crippen LogP contribution is 2.37. The van der Waals surface area contributed by atoms with E-state index in [4.69, 9.17) is 63.0 Å². The molecule has 0 saturated heterocycles. The summed E-state index contributed by atoms with van der Waals surface area (Å²) in [5, 5.41) is 9.96. The molecule has 0 aliphatic heterocycles. The first-order valence-corrected chi connectivity index (χ1v) is 7.66. The van der Waals surface area contributed by atoms with E-state index < -0.39 is 5.97 Å². The van der Waals surface area contributed by atoms with E-state index in [2.05, 4.69) is 0 Å². The summed E-state index contributed by atoms with van der Waals surface area (Å²) in [5.41, 5.74) is 13.0. The Morgan fingerprint density at radius 2 is 1.13 bits per heavy atom. The Kier molecular flexibility index (Phi) is 5.32. The van der Waals surface area contributed by atoms with Crippen LogP contribution in [0.2, 0.25) is 20.1 Å². The third-order valence-electron chi connectivity index (χ3n) is 3.05. The van der Waals surface area contributed by atoms with Crippen LogP contribution in [0.3, 0.4) is 0 Å². The lowest BCUT2D eigenvalue weighted by Crippen LogP contribution is -1.98. The van der Waals surface area contributed by atoms with Crippen LogP contribution in [0.25, 0.3) is 5.57 Å². The summed E-state index contributed by atoms with van der Waals surface area (Å²) >= 11 is 24.1. The quantitative estimate of drug-likeness (QED) is 0.508. The number of nitrogens with two attached hydrogens (primary N) is 2. The van der Waals surface area contributed by atoms with Crippen LogP contribution in [0.5, 0.6) is 0 Å². The van der Waals surface area contributed by atoms with Crippen LogP contribution in [-0.4, -0.2) is 11.1 Å². The molecule has 8 heteroatoms. The lowest BCUT2D eigenvalue weighted by Gasteiger charge is -2.13. The van der Waals surface area contributed by atoms with Crippen LogP contribution >= 0.6 is 46.4 Å². The van der Waals surface area contributed by atoms with E-state index in [1.165, 1.54) is 24.3 Å². The van der Waals surface area contributed by atoms with Crippen LogP contribution in [0, 0.1) is 0 Å². The average Bonchev–Trinajstić information content (AvgIpc) is 2.46. The first kappa shape index (κ1) is 17.8. The van der Waals surface area contributed by atoms with E-state index in [9.17, 15) is 4.79 Å². The molecular formula is C15H10Cl4N2O2. The fraction of sp³-hybridized carbons (Fsp3) is 0. The van der Waals surface area contributed by atoms with Crippen molar-refractivity contribution < 1.29 is 9.90 Å². The Labute approximate surface area is 152 Å². The van der Waals surface area contributed by atoms with Gasteiger partial charge in [-0.05, 0) is 41.0 Å². The zero-order chi connectivity index (χ0) is 17.3. The number of nitrogen functional groups attached to an aromatic ring is 2. The first-order chi connectivity index (χ1) is 10.7. The molecule has 0 fully saturated rings. The number of hydrogen-bond donors (Lipinski definition) is 3. The minimum atomic E-state index is -1.16. The van der Waals surface area contributed by atoms with Gasteiger partial charge in [0.25, 0.3) is 0 Å². The highest BCUT2D eigenvalue weighted by molar-refractivity contribution is 6.40. The van der Waals surface area contributed by atoms with Crippen molar-refractivity contribution >= 4 is 69.3 Å². The van der Waals surface area contributed by atoms with Crippen molar-refractivity contribution in [3.63, 3.8) is 0 Å². The fourth-order valence-corrected chi connectivity index (χ4v) is 2.91. The van der Waals surface area contributed by atoms with Gasteiger partial charge in [-0.1, -0.05) is 46.4 Å². The van der Waals surface area contributed by atoms with Crippen molar-refractivity contribution in [2.75, 3.05) is 11.5 Å². The average molecular weight is 392 g/mol. The number of rotatable bonds is 3. The van der Waals surface area contributed by atoms with Crippen molar-refractivity contribution in [2.45, 2.75) is 0 Å². The SMILES string of the molecule is Nc1c(Cl)cc(C(=CC(=O)O)c2cc(Cl)c(N)c(Cl)c2)cc1Cl. The van der Waals surface area contributed by atoms with Gasteiger partial charge in [-0.25, -0.2) is 4.79 Å². The van der Waals surface area contributed by atoms with E-state index in [1.54, 1.807) is 0 Å². The highest BCUT2D eigenvalue weighted by Gasteiger charge is 2.14. The summed E-state index contributed by atoms with van der Waals surface area (Å²) in [6.07, 6.45) is 0.996. The number of carboxylic acids is 1. The van der Waals surface area contributed by atoms with Crippen LogP contribution in [0.1, 0.15) is 11.1 Å². The summed E-state index contributed by atoms with van der Waals surface area (Å²) in [7, 11) is 0. The zero-order valence-electron chi connectivity index (χ0n) is 11.4. The molecule has 23 heavy (non-hydrogen) atoms. The summed E-state index contributed by atoms with van der Waals surface area (Å²) in [6.45, 7) is 0. The van der Waals surface area contributed by atoms with Crippen molar-refractivity contribution in [1.82, 2.24) is 0 Å². The van der Waals surface area contributed by atoms with Gasteiger partial charge in [0.1, 0.15) is 0 Å². The van der Waals surface area contributed by atoms with E-state index in [0.29, 0.717) is 16.7 Å². The van der Waals surface area contributed by atoms with Crippen LogP contribution in [0.15, 0.2) is 30.3 Å². The Balaban J connectivity index is 2.71. The van der Waals surface area contributed by atoms with Crippen LogP contribution < -0.4 is 11.5 Å². The molecule has 0 heterocycles. The van der Waals surface area contributed by atoms with Gasteiger partial charge in [-0.3, -0.25) is 0 Å². The molecule has 0 aliphatic rings. The molecule has 2 aromatic rings. The smallest absolute Gasteiger partial charge is 0.328 e. The second-order valence-corrected chi connectivity index (χ2v) is 6.23. The molecule has 0 saturated carbocycles. The van der Waals surface area contributed by atoms with Crippen LogP contribution in [-0.2, 0) is 4.79 Å². The number of anilines is 2. The Bertz CT molecular complexity index is 729. The van der Waals surface area contributed by atoms with E-state index in [-0.39, 0.29) is 31.5 Å².